The second kappa shape index (κ2) is 6.05. The molecule has 0 amide bonds. The average molecular weight is 248 g/mol. The first-order valence-corrected chi connectivity index (χ1v) is 6.59. The van der Waals surface area contributed by atoms with Crippen molar-refractivity contribution in [2.45, 2.75) is 12.7 Å². The van der Waals surface area contributed by atoms with Crippen LogP contribution in [-0.4, -0.2) is 15.0 Å². The minimum atomic E-state index is -3.44. The van der Waals surface area contributed by atoms with E-state index in [-0.39, 0.29) is 12.3 Å². The van der Waals surface area contributed by atoms with Crippen molar-refractivity contribution in [1.29, 1.82) is 5.26 Å². The number of nitrogens with one attached hydrogen (secondary N) is 1. The lowest BCUT2D eigenvalue weighted by Gasteiger charge is -2.05. The van der Waals surface area contributed by atoms with Crippen LogP contribution in [0.3, 0.4) is 0 Å². The summed E-state index contributed by atoms with van der Waals surface area (Å²) in [6.07, 6.45) is 0. The zero-order chi connectivity index (χ0) is 12.7. The second-order valence-corrected chi connectivity index (χ2v) is 5.08. The van der Waals surface area contributed by atoms with E-state index in [0.717, 1.165) is 0 Å². The zero-order valence-electron chi connectivity index (χ0n) is 9.40. The van der Waals surface area contributed by atoms with Crippen LogP contribution >= 0.6 is 0 Å². The van der Waals surface area contributed by atoms with Gasteiger partial charge in [0, 0.05) is 0 Å². The van der Waals surface area contributed by atoms with Crippen LogP contribution in [0.25, 0.3) is 0 Å². The minimum Gasteiger partial charge on any atom is -0.212 e. The Morgan fingerprint density at radius 2 is 2.06 bits per heavy atom. The van der Waals surface area contributed by atoms with Crippen LogP contribution in [0.1, 0.15) is 18.1 Å². The lowest BCUT2D eigenvalue weighted by atomic mass is 10.1. The SMILES string of the molecule is CC#CCNS(=O)(=O)Cc1ccccc1C#N. The number of nitrogens with zero attached hydrogens (tertiary/aromatic N) is 1. The average Bonchev–Trinajstić information content (AvgIpc) is 2.29. The maximum Gasteiger partial charge on any atom is 0.216 e. The van der Waals surface area contributed by atoms with Crippen LogP contribution in [0.2, 0.25) is 0 Å². The van der Waals surface area contributed by atoms with Gasteiger partial charge in [0.15, 0.2) is 0 Å². The molecule has 4 nitrogen and oxygen atoms in total. The smallest absolute Gasteiger partial charge is 0.212 e. The monoisotopic (exact) mass is 248 g/mol. The van der Waals surface area contributed by atoms with E-state index in [0.29, 0.717) is 11.1 Å². The fourth-order valence-electron chi connectivity index (χ4n) is 1.25. The van der Waals surface area contributed by atoms with Gasteiger partial charge in [-0.25, -0.2) is 13.1 Å². The normalized spacial score (nSPS) is 10.1. The maximum atomic E-state index is 11.7. The Hall–Kier alpha value is -1.82. The summed E-state index contributed by atoms with van der Waals surface area (Å²) in [7, 11) is -3.44. The third-order valence-electron chi connectivity index (χ3n) is 2.04. The standard InChI is InChI=1S/C12H12N2O2S/c1-2-3-8-14-17(15,16)10-12-7-5-4-6-11(12)9-13/h4-7,14H,8,10H2,1H3. The summed E-state index contributed by atoms with van der Waals surface area (Å²) >= 11 is 0. The molecule has 0 radical (unpaired) electrons. The zero-order valence-corrected chi connectivity index (χ0v) is 10.2. The van der Waals surface area contributed by atoms with Crippen molar-refractivity contribution in [3.63, 3.8) is 0 Å². The summed E-state index contributed by atoms with van der Waals surface area (Å²) in [6, 6.07) is 8.59. The Balaban J connectivity index is 2.82. The predicted molar refractivity (Wildman–Crippen MR) is 65.2 cm³/mol. The molecular formula is C12H12N2O2S. The van der Waals surface area contributed by atoms with Crippen molar-refractivity contribution >= 4 is 10.0 Å². The van der Waals surface area contributed by atoms with Crippen molar-refractivity contribution in [3.05, 3.63) is 35.4 Å². The summed E-state index contributed by atoms with van der Waals surface area (Å²) in [4.78, 5) is 0. The molecule has 0 saturated heterocycles. The Labute approximate surface area is 101 Å². The highest BCUT2D eigenvalue weighted by atomic mass is 32.2. The molecule has 5 heteroatoms. The third-order valence-corrected chi connectivity index (χ3v) is 3.32. The summed E-state index contributed by atoms with van der Waals surface area (Å²) in [6.45, 7) is 1.73. The van der Waals surface area contributed by atoms with Gasteiger partial charge in [0.1, 0.15) is 0 Å². The summed E-state index contributed by atoms with van der Waals surface area (Å²) in [5.74, 6) is 5.00. The van der Waals surface area contributed by atoms with E-state index in [9.17, 15) is 8.42 Å². The van der Waals surface area contributed by atoms with Crippen molar-refractivity contribution in [2.75, 3.05) is 6.54 Å². The van der Waals surface area contributed by atoms with Gasteiger partial charge in [-0.3, -0.25) is 0 Å². The Morgan fingerprint density at radius 1 is 1.35 bits per heavy atom. The molecule has 0 aromatic heterocycles. The van der Waals surface area contributed by atoms with E-state index in [4.69, 9.17) is 5.26 Å². The molecule has 88 valence electrons. The molecule has 0 aliphatic rings. The van der Waals surface area contributed by atoms with Crippen LogP contribution < -0.4 is 4.72 Å². The van der Waals surface area contributed by atoms with Crippen molar-refractivity contribution in [2.24, 2.45) is 0 Å². The molecule has 0 fully saturated rings. The molecule has 1 aromatic rings. The van der Waals surface area contributed by atoms with Crippen LogP contribution in [0, 0.1) is 23.2 Å². The largest absolute Gasteiger partial charge is 0.216 e. The van der Waals surface area contributed by atoms with Gasteiger partial charge in [-0.1, -0.05) is 24.1 Å². The van der Waals surface area contributed by atoms with Gasteiger partial charge in [-0.2, -0.15) is 5.26 Å². The van der Waals surface area contributed by atoms with Gasteiger partial charge in [0.05, 0.1) is 23.9 Å². The first-order chi connectivity index (χ1) is 8.09. The molecule has 0 spiro atoms. The predicted octanol–water partition coefficient (Wildman–Crippen LogP) is 1.00. The molecule has 0 bridgehead atoms. The quantitative estimate of drug-likeness (QED) is 0.808. The fraction of sp³-hybridized carbons (Fsp3) is 0.250. The van der Waals surface area contributed by atoms with Crippen LogP contribution in [0.15, 0.2) is 24.3 Å². The number of sulfonamides is 1. The molecule has 17 heavy (non-hydrogen) atoms. The van der Waals surface area contributed by atoms with Gasteiger partial charge >= 0.3 is 0 Å². The lowest BCUT2D eigenvalue weighted by molar-refractivity contribution is 0.585. The van der Waals surface area contributed by atoms with Crippen LogP contribution in [-0.2, 0) is 15.8 Å². The summed E-state index contributed by atoms with van der Waals surface area (Å²) in [5, 5.41) is 8.84. The Morgan fingerprint density at radius 3 is 2.71 bits per heavy atom. The first-order valence-electron chi connectivity index (χ1n) is 4.94. The third kappa shape index (κ3) is 4.28. The number of nitriles is 1. The number of rotatable bonds is 4. The molecule has 0 saturated carbocycles. The number of hydrogen-bond acceptors (Lipinski definition) is 3. The van der Waals surface area contributed by atoms with E-state index >= 15 is 0 Å². The van der Waals surface area contributed by atoms with Crippen molar-refractivity contribution < 1.29 is 8.42 Å². The first kappa shape index (κ1) is 13.2. The fourth-order valence-corrected chi connectivity index (χ4v) is 2.30. The minimum absolute atomic E-state index is 0.0908. The van der Waals surface area contributed by atoms with Crippen LogP contribution in [0.5, 0.6) is 0 Å². The lowest BCUT2D eigenvalue weighted by Crippen LogP contribution is -2.25. The maximum absolute atomic E-state index is 11.7. The summed E-state index contributed by atoms with van der Waals surface area (Å²) in [5.41, 5.74) is 0.867. The van der Waals surface area contributed by atoms with E-state index in [1.54, 1.807) is 31.2 Å². The Kier molecular flexibility index (Phi) is 4.71. The van der Waals surface area contributed by atoms with Gasteiger partial charge in [0.25, 0.3) is 0 Å². The van der Waals surface area contributed by atoms with E-state index in [2.05, 4.69) is 16.6 Å². The number of hydrogen-bond donors (Lipinski definition) is 1. The second-order valence-electron chi connectivity index (χ2n) is 3.28. The van der Waals surface area contributed by atoms with E-state index in [1.807, 2.05) is 6.07 Å². The van der Waals surface area contributed by atoms with Gasteiger partial charge in [-0.05, 0) is 18.6 Å². The van der Waals surface area contributed by atoms with E-state index in [1.165, 1.54) is 0 Å². The molecule has 1 aromatic carbocycles. The Bertz CT molecular complexity index is 589. The van der Waals surface area contributed by atoms with Gasteiger partial charge in [-0.15, -0.1) is 5.92 Å². The molecular weight excluding hydrogens is 236 g/mol. The molecule has 1 N–H and O–H groups in total. The molecule has 0 unspecified atom stereocenters. The van der Waals surface area contributed by atoms with E-state index < -0.39 is 10.0 Å². The van der Waals surface area contributed by atoms with Gasteiger partial charge in [0.2, 0.25) is 10.0 Å². The van der Waals surface area contributed by atoms with Crippen molar-refractivity contribution in [1.82, 2.24) is 4.72 Å². The molecule has 1 rings (SSSR count). The van der Waals surface area contributed by atoms with Crippen molar-refractivity contribution in [3.8, 4) is 17.9 Å². The molecule has 0 atom stereocenters. The van der Waals surface area contributed by atoms with Gasteiger partial charge < -0.3 is 0 Å². The highest BCUT2D eigenvalue weighted by Gasteiger charge is 2.12. The summed E-state index contributed by atoms with van der Waals surface area (Å²) < 4.78 is 25.7. The topological polar surface area (TPSA) is 70.0 Å². The molecule has 0 aliphatic carbocycles. The molecule has 0 heterocycles. The highest BCUT2D eigenvalue weighted by molar-refractivity contribution is 7.88. The molecule has 0 aliphatic heterocycles. The highest BCUT2D eigenvalue weighted by Crippen LogP contribution is 2.10. The van der Waals surface area contributed by atoms with Crippen LogP contribution in [0.4, 0.5) is 0 Å². The number of benzene rings is 1.